The van der Waals surface area contributed by atoms with Gasteiger partial charge >= 0.3 is 11.9 Å². The average Bonchev–Trinajstić information content (AvgIpc) is 2.89. The van der Waals surface area contributed by atoms with E-state index in [-0.39, 0.29) is 25.6 Å². The molecular formula is C31H27O5P. The molecule has 0 heterocycles. The van der Waals surface area contributed by atoms with Crippen LogP contribution in [0.15, 0.2) is 84.9 Å². The van der Waals surface area contributed by atoms with Crippen LogP contribution in [0, 0.1) is 27.7 Å². The molecule has 0 bridgehead atoms. The Morgan fingerprint density at radius 3 is 1.78 bits per heavy atom. The van der Waals surface area contributed by atoms with Crippen LogP contribution in [0.1, 0.15) is 53.3 Å². The molecule has 0 aromatic heterocycles. The van der Waals surface area contributed by atoms with Crippen LogP contribution >= 0.6 is 8.58 Å². The highest BCUT2D eigenvalue weighted by Gasteiger charge is 2.20. The average molecular weight is 511 g/mol. The van der Waals surface area contributed by atoms with E-state index in [2.05, 4.69) is 0 Å². The number of hydrogen-bond acceptors (Lipinski definition) is 5. The Morgan fingerprint density at radius 1 is 0.622 bits per heavy atom. The molecule has 0 N–H and O–H groups in total. The molecule has 0 radical (unpaired) electrons. The Morgan fingerprint density at radius 2 is 1.19 bits per heavy atom. The maximum absolute atomic E-state index is 13.5. The topological polar surface area (TPSA) is 69.7 Å². The molecule has 6 heteroatoms. The molecule has 0 saturated heterocycles. The van der Waals surface area contributed by atoms with Gasteiger partial charge < -0.3 is 9.47 Å². The number of aryl methyl sites for hydroxylation is 2. The van der Waals surface area contributed by atoms with Gasteiger partial charge in [-0.1, -0.05) is 42.5 Å². The number of carbonyl (C=O) groups excluding carboxylic acids is 3. The lowest BCUT2D eigenvalue weighted by Gasteiger charge is -2.16. The van der Waals surface area contributed by atoms with Crippen molar-refractivity contribution in [2.75, 3.05) is 0 Å². The van der Waals surface area contributed by atoms with E-state index in [1.54, 1.807) is 66.7 Å². The molecule has 0 aliphatic heterocycles. The molecule has 0 fully saturated rings. The van der Waals surface area contributed by atoms with Crippen molar-refractivity contribution >= 4 is 31.3 Å². The van der Waals surface area contributed by atoms with Gasteiger partial charge in [-0.2, -0.15) is 0 Å². The number of rotatable bonds is 7. The van der Waals surface area contributed by atoms with E-state index in [4.69, 9.17) is 9.47 Å². The fourth-order valence-corrected chi connectivity index (χ4v) is 5.21. The van der Waals surface area contributed by atoms with E-state index >= 15 is 0 Å². The van der Waals surface area contributed by atoms with Crippen LogP contribution in [0.2, 0.25) is 0 Å². The van der Waals surface area contributed by atoms with Crippen LogP contribution < -0.4 is 14.8 Å². The van der Waals surface area contributed by atoms with Gasteiger partial charge in [0.2, 0.25) is 0 Å². The monoisotopic (exact) mass is 510 g/mol. The molecule has 5 nitrogen and oxygen atoms in total. The lowest BCUT2D eigenvalue weighted by molar-refractivity contribution is 0.0733. The maximum atomic E-state index is 13.5. The first-order chi connectivity index (χ1) is 17.7. The van der Waals surface area contributed by atoms with Crippen LogP contribution in [0.4, 0.5) is 0 Å². The Hall–Kier alpha value is -4.08. The van der Waals surface area contributed by atoms with Gasteiger partial charge in [-0.15, -0.1) is 0 Å². The van der Waals surface area contributed by atoms with E-state index in [9.17, 15) is 14.4 Å². The second kappa shape index (κ2) is 11.3. The van der Waals surface area contributed by atoms with Crippen LogP contribution in [-0.2, 0) is 0 Å². The fraction of sp³-hybridized carbons (Fsp3) is 0.129. The zero-order valence-corrected chi connectivity index (χ0v) is 22.1. The fourth-order valence-electron chi connectivity index (χ4n) is 4.05. The molecule has 186 valence electrons. The molecule has 1 atom stereocenters. The normalized spacial score (nSPS) is 10.9. The van der Waals surface area contributed by atoms with Crippen molar-refractivity contribution in [3.63, 3.8) is 0 Å². The molecular weight excluding hydrogens is 483 g/mol. The van der Waals surface area contributed by atoms with Gasteiger partial charge in [-0.05, 0) is 94.9 Å². The van der Waals surface area contributed by atoms with Crippen molar-refractivity contribution in [1.82, 2.24) is 0 Å². The van der Waals surface area contributed by atoms with Crippen molar-refractivity contribution < 1.29 is 23.9 Å². The van der Waals surface area contributed by atoms with Crippen molar-refractivity contribution in [1.29, 1.82) is 0 Å². The Labute approximate surface area is 218 Å². The third kappa shape index (κ3) is 6.02. The van der Waals surface area contributed by atoms with Crippen molar-refractivity contribution in [2.45, 2.75) is 27.7 Å². The summed E-state index contributed by atoms with van der Waals surface area (Å²) in [5.74, 6) is -0.708. The summed E-state index contributed by atoms with van der Waals surface area (Å²) in [6.07, 6.45) is 0. The Kier molecular flexibility index (Phi) is 7.95. The summed E-state index contributed by atoms with van der Waals surface area (Å²) in [4.78, 5) is 38.9. The minimum atomic E-state index is -0.566. The molecule has 0 spiro atoms. The molecule has 1 unspecified atom stereocenters. The van der Waals surface area contributed by atoms with E-state index < -0.39 is 11.9 Å². The zero-order valence-electron chi connectivity index (χ0n) is 21.1. The van der Waals surface area contributed by atoms with Gasteiger partial charge in [0.1, 0.15) is 11.5 Å². The SMILES string of the molecule is Cc1cc(C)c(C(=O)Pc2ccc(OC(=O)c3ccccc3)cc2OC(=O)c2ccccc2)c(C)c1C. The highest BCUT2D eigenvalue weighted by atomic mass is 31.1. The molecule has 0 saturated carbocycles. The van der Waals surface area contributed by atoms with E-state index in [1.165, 1.54) is 6.07 Å². The first-order valence-corrected chi connectivity index (χ1v) is 12.8. The van der Waals surface area contributed by atoms with Crippen LogP contribution in [0.3, 0.4) is 0 Å². The summed E-state index contributed by atoms with van der Waals surface area (Å²) in [5, 5.41) is 0.547. The highest BCUT2D eigenvalue weighted by molar-refractivity contribution is 7.66. The number of benzene rings is 4. The van der Waals surface area contributed by atoms with E-state index in [0.717, 1.165) is 22.3 Å². The Balaban J connectivity index is 1.67. The molecule has 4 aromatic rings. The van der Waals surface area contributed by atoms with Gasteiger partial charge in [-0.3, -0.25) is 4.79 Å². The summed E-state index contributed by atoms with van der Waals surface area (Å²) in [7, 11) is -0.294. The first kappa shape index (κ1) is 26.0. The summed E-state index contributed by atoms with van der Waals surface area (Å²) in [6, 6.07) is 24.0. The minimum Gasteiger partial charge on any atom is -0.423 e. The summed E-state index contributed by atoms with van der Waals surface area (Å²) in [6.45, 7) is 7.92. The Bertz CT molecular complexity index is 1480. The smallest absolute Gasteiger partial charge is 0.343 e. The molecule has 0 amide bonds. The van der Waals surface area contributed by atoms with Crippen molar-refractivity contribution in [3.8, 4) is 11.5 Å². The van der Waals surface area contributed by atoms with E-state index in [0.29, 0.717) is 22.0 Å². The molecule has 4 aromatic carbocycles. The van der Waals surface area contributed by atoms with Gasteiger partial charge in [-0.25, -0.2) is 9.59 Å². The third-order valence-electron chi connectivity index (χ3n) is 6.22. The second-order valence-electron chi connectivity index (χ2n) is 8.76. The van der Waals surface area contributed by atoms with Gasteiger partial charge in [0.15, 0.2) is 5.52 Å². The molecule has 0 aliphatic carbocycles. The largest absolute Gasteiger partial charge is 0.423 e. The summed E-state index contributed by atoms with van der Waals surface area (Å²) >= 11 is 0. The number of esters is 2. The lowest BCUT2D eigenvalue weighted by Crippen LogP contribution is -2.15. The van der Waals surface area contributed by atoms with E-state index in [1.807, 2.05) is 39.8 Å². The van der Waals surface area contributed by atoms with Crippen molar-refractivity contribution in [2.24, 2.45) is 0 Å². The van der Waals surface area contributed by atoms with Crippen LogP contribution in [0.25, 0.3) is 0 Å². The predicted octanol–water partition coefficient (Wildman–Crippen LogP) is 6.50. The number of hydrogen-bond donors (Lipinski definition) is 0. The van der Waals surface area contributed by atoms with Gasteiger partial charge in [0.05, 0.1) is 11.1 Å². The zero-order chi connectivity index (χ0) is 26.5. The van der Waals surface area contributed by atoms with Crippen molar-refractivity contribution in [3.05, 3.63) is 124 Å². The summed E-state index contributed by atoms with van der Waals surface area (Å²) in [5.41, 5.74) is 5.48. The van der Waals surface area contributed by atoms with Crippen LogP contribution in [0.5, 0.6) is 11.5 Å². The van der Waals surface area contributed by atoms with Gasteiger partial charge in [0, 0.05) is 16.9 Å². The standard InChI is InChI=1S/C31H27O5P/c1-19-17-20(2)28(22(4)21(19)3)31(34)37-27-16-15-25(35-29(32)23-11-7-5-8-12-23)18-26(27)36-30(33)24-13-9-6-10-14-24/h5-18,37H,1-4H3. The van der Waals surface area contributed by atoms with Gasteiger partial charge in [0.25, 0.3) is 0 Å². The number of carbonyl (C=O) groups is 3. The van der Waals surface area contributed by atoms with Crippen LogP contribution in [-0.4, -0.2) is 17.5 Å². The quantitative estimate of drug-likeness (QED) is 0.161. The minimum absolute atomic E-state index is 0.0517. The molecule has 37 heavy (non-hydrogen) atoms. The first-order valence-electron chi connectivity index (χ1n) is 11.8. The number of ether oxygens (including phenoxy) is 2. The molecule has 4 rings (SSSR count). The predicted molar refractivity (Wildman–Crippen MR) is 147 cm³/mol. The third-order valence-corrected chi connectivity index (χ3v) is 7.38. The molecule has 0 aliphatic rings. The highest BCUT2D eigenvalue weighted by Crippen LogP contribution is 2.32. The lowest BCUT2D eigenvalue weighted by atomic mass is 9.95. The maximum Gasteiger partial charge on any atom is 0.343 e. The second-order valence-corrected chi connectivity index (χ2v) is 10.0. The summed E-state index contributed by atoms with van der Waals surface area (Å²) < 4.78 is 11.3.